The highest BCUT2D eigenvalue weighted by Gasteiger charge is 2.47. The molecule has 98 valence electrons. The van der Waals surface area contributed by atoms with E-state index in [2.05, 4.69) is 21.1 Å². The summed E-state index contributed by atoms with van der Waals surface area (Å²) in [6.07, 6.45) is 4.60. The Morgan fingerprint density at radius 3 is 2.47 bits per heavy atom. The molecule has 1 aromatic carbocycles. The zero-order valence-electron chi connectivity index (χ0n) is 9.98. The summed E-state index contributed by atoms with van der Waals surface area (Å²) >= 11 is 3.52. The van der Waals surface area contributed by atoms with Gasteiger partial charge in [-0.3, -0.25) is 0 Å². The van der Waals surface area contributed by atoms with Crippen LogP contribution in [0.15, 0.2) is 27.3 Å². The number of hydrogen-bond acceptors (Lipinski definition) is 5. The van der Waals surface area contributed by atoms with Crippen molar-refractivity contribution in [2.24, 2.45) is 0 Å². The van der Waals surface area contributed by atoms with Crippen LogP contribution in [0.2, 0.25) is 0 Å². The number of fused-ring (bicyclic) bond motifs is 1. The molecule has 0 amide bonds. The lowest BCUT2D eigenvalue weighted by Crippen LogP contribution is -2.45. The van der Waals surface area contributed by atoms with Crippen molar-refractivity contribution < 1.29 is 14.0 Å². The van der Waals surface area contributed by atoms with E-state index >= 15 is 0 Å². The van der Waals surface area contributed by atoms with Gasteiger partial charge in [-0.1, -0.05) is 21.1 Å². The topological polar surface area (TPSA) is 70.5 Å². The van der Waals surface area contributed by atoms with E-state index in [1.165, 1.54) is 0 Å². The van der Waals surface area contributed by atoms with Gasteiger partial charge in [0, 0.05) is 22.9 Å². The first-order valence-corrected chi connectivity index (χ1v) is 6.88. The second kappa shape index (κ2) is 3.66. The molecule has 1 aliphatic heterocycles. The maximum atomic E-state index is 5.93. The van der Waals surface area contributed by atoms with Crippen molar-refractivity contribution in [3.8, 4) is 22.6 Å². The molecular weight excluding hydrogens is 312 g/mol. The molecule has 4 rings (SSSR count). The van der Waals surface area contributed by atoms with Gasteiger partial charge in [-0.05, 0) is 18.6 Å². The van der Waals surface area contributed by atoms with Gasteiger partial charge < -0.3 is 19.7 Å². The van der Waals surface area contributed by atoms with Gasteiger partial charge in [0.15, 0.2) is 11.5 Å². The Morgan fingerprint density at radius 1 is 1.16 bits per heavy atom. The molecular formula is C13H11BrN2O3. The van der Waals surface area contributed by atoms with Crippen LogP contribution < -0.4 is 15.2 Å². The lowest BCUT2D eigenvalue weighted by Gasteiger charge is -2.35. The van der Waals surface area contributed by atoms with Gasteiger partial charge >= 0.3 is 0 Å². The minimum Gasteiger partial charge on any atom is -0.448 e. The molecule has 2 heterocycles. The molecule has 0 radical (unpaired) electrons. The third-order valence-electron chi connectivity index (χ3n) is 3.63. The van der Waals surface area contributed by atoms with Crippen LogP contribution in [0, 0.1) is 0 Å². The Kier molecular flexibility index (Phi) is 2.15. The van der Waals surface area contributed by atoms with Crippen LogP contribution in [0.3, 0.4) is 0 Å². The van der Waals surface area contributed by atoms with E-state index in [0.29, 0.717) is 0 Å². The number of nitrogens with zero attached hydrogens (tertiary/aromatic N) is 1. The van der Waals surface area contributed by atoms with Crippen molar-refractivity contribution in [1.29, 1.82) is 0 Å². The fourth-order valence-corrected chi connectivity index (χ4v) is 2.98. The Morgan fingerprint density at radius 2 is 1.89 bits per heavy atom. The average molecular weight is 323 g/mol. The molecule has 19 heavy (non-hydrogen) atoms. The number of ether oxygens (including phenoxy) is 2. The molecule has 6 heteroatoms. The summed E-state index contributed by atoms with van der Waals surface area (Å²) in [6.45, 7) is 0. The first kappa shape index (κ1) is 11.2. The van der Waals surface area contributed by atoms with Crippen LogP contribution >= 0.6 is 15.9 Å². The summed E-state index contributed by atoms with van der Waals surface area (Å²) in [6, 6.07) is 3.82. The van der Waals surface area contributed by atoms with Gasteiger partial charge in [0.25, 0.3) is 5.79 Å². The average Bonchev–Trinajstić information content (AvgIpc) is 2.90. The predicted octanol–water partition coefficient (Wildman–Crippen LogP) is 3.34. The summed E-state index contributed by atoms with van der Waals surface area (Å²) < 4.78 is 17.6. The highest BCUT2D eigenvalue weighted by molar-refractivity contribution is 9.10. The minimum absolute atomic E-state index is 0.290. The lowest BCUT2D eigenvalue weighted by atomic mass is 9.91. The number of anilines is 1. The van der Waals surface area contributed by atoms with Crippen molar-refractivity contribution in [2.45, 2.75) is 25.0 Å². The maximum Gasteiger partial charge on any atom is 0.251 e. The molecule has 2 N–H and O–H groups in total. The monoisotopic (exact) mass is 322 g/mol. The number of nitrogen functional groups attached to an aromatic ring is 1. The van der Waals surface area contributed by atoms with E-state index in [9.17, 15) is 0 Å². The normalized spacial score (nSPS) is 18.6. The quantitative estimate of drug-likeness (QED) is 0.871. The van der Waals surface area contributed by atoms with Crippen LogP contribution in [0.25, 0.3) is 11.1 Å². The van der Waals surface area contributed by atoms with Crippen LogP contribution in [0.4, 0.5) is 5.88 Å². The number of rotatable bonds is 1. The predicted molar refractivity (Wildman–Crippen MR) is 71.9 cm³/mol. The molecule has 0 unspecified atom stereocenters. The number of hydrogen-bond donors (Lipinski definition) is 1. The number of aromatic nitrogens is 1. The van der Waals surface area contributed by atoms with Crippen LogP contribution in [0.5, 0.6) is 11.5 Å². The van der Waals surface area contributed by atoms with Gasteiger partial charge in [-0.25, -0.2) is 0 Å². The molecule has 2 aliphatic rings. The highest BCUT2D eigenvalue weighted by Crippen LogP contribution is 2.51. The minimum atomic E-state index is -0.430. The van der Waals surface area contributed by atoms with Crippen molar-refractivity contribution in [1.82, 2.24) is 5.16 Å². The van der Waals surface area contributed by atoms with E-state index in [0.717, 1.165) is 46.4 Å². The van der Waals surface area contributed by atoms with Gasteiger partial charge in [0.1, 0.15) is 0 Å². The summed E-state index contributed by atoms with van der Waals surface area (Å²) in [5.74, 6) is 1.38. The zero-order chi connectivity index (χ0) is 13.0. The molecule has 0 bridgehead atoms. The second-order valence-corrected chi connectivity index (χ2v) is 5.71. The fraction of sp³-hybridized carbons (Fsp3) is 0.308. The van der Waals surface area contributed by atoms with Crippen molar-refractivity contribution in [2.75, 3.05) is 5.73 Å². The molecule has 0 saturated heterocycles. The molecule has 1 aliphatic carbocycles. The third-order valence-corrected chi connectivity index (χ3v) is 4.29. The maximum absolute atomic E-state index is 5.93. The smallest absolute Gasteiger partial charge is 0.251 e. The Bertz CT molecular complexity index is 664. The van der Waals surface area contributed by atoms with E-state index in [-0.39, 0.29) is 5.88 Å². The summed E-state index contributed by atoms with van der Waals surface area (Å²) in [7, 11) is 0. The molecule has 1 saturated carbocycles. The number of nitrogens with two attached hydrogens (primary N) is 1. The third kappa shape index (κ3) is 1.56. The second-order valence-electron chi connectivity index (χ2n) is 4.85. The van der Waals surface area contributed by atoms with Gasteiger partial charge in [-0.2, -0.15) is 0 Å². The molecule has 1 fully saturated rings. The summed E-state index contributed by atoms with van der Waals surface area (Å²) in [5, 5.41) is 3.70. The van der Waals surface area contributed by atoms with E-state index < -0.39 is 5.79 Å². The van der Waals surface area contributed by atoms with Gasteiger partial charge in [0.05, 0.1) is 11.8 Å². The molecule has 2 aromatic rings. The van der Waals surface area contributed by atoms with Gasteiger partial charge in [-0.15, -0.1) is 0 Å². The Balaban J connectivity index is 1.80. The van der Waals surface area contributed by atoms with E-state index in [1.54, 1.807) is 6.20 Å². The van der Waals surface area contributed by atoms with Crippen molar-refractivity contribution in [3.63, 3.8) is 0 Å². The SMILES string of the molecule is Nc1oncc1-c1cc2c(cc1Br)OC1(CCC1)O2. The largest absolute Gasteiger partial charge is 0.448 e. The van der Waals surface area contributed by atoms with Crippen LogP contribution in [-0.2, 0) is 0 Å². The van der Waals surface area contributed by atoms with Crippen LogP contribution in [-0.4, -0.2) is 10.9 Å². The summed E-state index contributed by atoms with van der Waals surface area (Å²) in [4.78, 5) is 0. The molecule has 5 nitrogen and oxygen atoms in total. The fourth-order valence-electron chi connectivity index (χ4n) is 2.44. The van der Waals surface area contributed by atoms with E-state index in [4.69, 9.17) is 19.7 Å². The number of benzene rings is 1. The molecule has 1 aromatic heterocycles. The van der Waals surface area contributed by atoms with Crippen molar-refractivity contribution in [3.05, 3.63) is 22.8 Å². The molecule has 1 spiro atoms. The number of halogens is 1. The first-order valence-electron chi connectivity index (χ1n) is 6.09. The highest BCUT2D eigenvalue weighted by atomic mass is 79.9. The Labute approximate surface area is 117 Å². The van der Waals surface area contributed by atoms with Crippen molar-refractivity contribution >= 4 is 21.8 Å². The first-order chi connectivity index (χ1) is 9.17. The Hall–Kier alpha value is -1.69. The standard InChI is InChI=1S/C13H11BrN2O3/c14-9-5-11-10(17-13(18-11)2-1-3-13)4-7(9)8-6-16-19-12(8)15/h4-6H,1-3,15H2. The summed E-state index contributed by atoms with van der Waals surface area (Å²) in [5.41, 5.74) is 7.39. The lowest BCUT2D eigenvalue weighted by molar-refractivity contribution is -0.138. The van der Waals surface area contributed by atoms with Crippen LogP contribution in [0.1, 0.15) is 19.3 Å². The van der Waals surface area contributed by atoms with E-state index in [1.807, 2.05) is 12.1 Å². The zero-order valence-corrected chi connectivity index (χ0v) is 11.6. The van der Waals surface area contributed by atoms with Gasteiger partial charge in [0.2, 0.25) is 5.88 Å². The molecule has 0 atom stereocenters.